The third-order valence-electron chi connectivity index (χ3n) is 6.10. The van der Waals surface area contributed by atoms with Crippen LogP contribution >= 0.6 is 0 Å². The fourth-order valence-electron chi connectivity index (χ4n) is 4.30. The van der Waals surface area contributed by atoms with E-state index in [9.17, 15) is 23.1 Å². The van der Waals surface area contributed by atoms with Crippen molar-refractivity contribution < 1.29 is 23.1 Å². The van der Waals surface area contributed by atoms with Crippen molar-refractivity contribution in [2.24, 2.45) is 11.1 Å². The van der Waals surface area contributed by atoms with Gasteiger partial charge in [0.25, 0.3) is 0 Å². The van der Waals surface area contributed by atoms with Crippen LogP contribution in [0.4, 0.5) is 19.0 Å². The van der Waals surface area contributed by atoms with Crippen LogP contribution < -0.4 is 10.6 Å². The highest BCUT2D eigenvalue weighted by molar-refractivity contribution is 5.85. The molecule has 0 spiro atoms. The van der Waals surface area contributed by atoms with Gasteiger partial charge in [-0.25, -0.2) is 4.98 Å². The first kappa shape index (κ1) is 20.9. The lowest BCUT2D eigenvalue weighted by Crippen LogP contribution is -2.58. The van der Waals surface area contributed by atoms with Gasteiger partial charge in [-0.15, -0.1) is 0 Å². The van der Waals surface area contributed by atoms with Gasteiger partial charge in [-0.1, -0.05) is 0 Å². The summed E-state index contributed by atoms with van der Waals surface area (Å²) >= 11 is 0. The highest BCUT2D eigenvalue weighted by Crippen LogP contribution is 2.47. The van der Waals surface area contributed by atoms with E-state index in [2.05, 4.69) is 4.98 Å². The van der Waals surface area contributed by atoms with Gasteiger partial charge in [0, 0.05) is 38.4 Å². The number of anilines is 1. The number of amides is 1. The van der Waals surface area contributed by atoms with Crippen LogP contribution in [0.2, 0.25) is 0 Å². The highest BCUT2D eigenvalue weighted by atomic mass is 19.4. The van der Waals surface area contributed by atoms with Crippen LogP contribution in [-0.4, -0.2) is 58.7 Å². The smallest absolute Gasteiger partial charge is 0.389 e. The van der Waals surface area contributed by atoms with Crippen molar-refractivity contribution in [2.75, 3.05) is 31.1 Å². The number of aliphatic hydroxyl groups is 1. The average molecular weight is 400 g/mol. The Morgan fingerprint density at radius 2 is 1.93 bits per heavy atom. The van der Waals surface area contributed by atoms with Crippen LogP contribution in [0.25, 0.3) is 0 Å². The number of rotatable bonds is 3. The molecule has 2 atom stereocenters. The van der Waals surface area contributed by atoms with Crippen molar-refractivity contribution in [1.29, 1.82) is 0 Å². The van der Waals surface area contributed by atoms with Crippen molar-refractivity contribution in [3.63, 3.8) is 0 Å². The zero-order chi connectivity index (χ0) is 20.7. The summed E-state index contributed by atoms with van der Waals surface area (Å²) in [5.41, 5.74) is 3.18. The van der Waals surface area contributed by atoms with Gasteiger partial charge in [0.05, 0.1) is 16.6 Å². The van der Waals surface area contributed by atoms with Crippen molar-refractivity contribution >= 4 is 11.7 Å². The molecule has 1 aliphatic heterocycles. The minimum atomic E-state index is -4.42. The van der Waals surface area contributed by atoms with Crippen LogP contribution in [0.5, 0.6) is 0 Å². The molecule has 1 saturated carbocycles. The Balaban J connectivity index is 1.71. The number of alkyl halides is 3. The van der Waals surface area contributed by atoms with E-state index in [0.29, 0.717) is 45.4 Å². The van der Waals surface area contributed by atoms with Crippen molar-refractivity contribution in [2.45, 2.75) is 50.9 Å². The molecule has 0 unspecified atom stereocenters. The van der Waals surface area contributed by atoms with Crippen LogP contribution in [0, 0.1) is 5.41 Å². The summed E-state index contributed by atoms with van der Waals surface area (Å²) in [5.74, 6) is 0.131. The van der Waals surface area contributed by atoms with Crippen LogP contribution in [-0.2, 0) is 11.0 Å². The second-order valence-corrected chi connectivity index (χ2v) is 8.32. The summed E-state index contributed by atoms with van der Waals surface area (Å²) in [7, 11) is 0. The molecular formula is C19H27F3N4O2. The Kier molecular flexibility index (Phi) is 5.35. The van der Waals surface area contributed by atoms with Gasteiger partial charge in [-0.05, 0) is 45.2 Å². The summed E-state index contributed by atoms with van der Waals surface area (Å²) in [6.07, 6.45) is -1.62. The number of nitrogens with two attached hydrogens (primary N) is 1. The van der Waals surface area contributed by atoms with Gasteiger partial charge in [-0.3, -0.25) is 4.79 Å². The number of carbonyl (C=O) groups excluding carboxylic acids is 1. The molecule has 3 N–H and O–H groups in total. The molecule has 28 heavy (non-hydrogen) atoms. The molecule has 6 nitrogen and oxygen atoms in total. The largest absolute Gasteiger partial charge is 0.416 e. The molecule has 9 heteroatoms. The van der Waals surface area contributed by atoms with Crippen LogP contribution in [0.3, 0.4) is 0 Å². The molecule has 1 amide bonds. The molecule has 1 saturated heterocycles. The van der Waals surface area contributed by atoms with E-state index in [4.69, 9.17) is 5.73 Å². The van der Waals surface area contributed by atoms with E-state index in [0.717, 1.165) is 18.3 Å². The van der Waals surface area contributed by atoms with E-state index in [1.165, 1.54) is 0 Å². The number of hydrogen-bond acceptors (Lipinski definition) is 5. The Morgan fingerprint density at radius 3 is 2.43 bits per heavy atom. The van der Waals surface area contributed by atoms with E-state index >= 15 is 0 Å². The molecule has 2 heterocycles. The number of aromatic nitrogens is 1. The third kappa shape index (κ3) is 3.82. The number of hydrogen-bond donors (Lipinski definition) is 2. The Labute approximate surface area is 162 Å². The molecule has 3 rings (SSSR count). The van der Waals surface area contributed by atoms with Crippen molar-refractivity contribution in [3.8, 4) is 0 Å². The lowest BCUT2D eigenvalue weighted by atomic mass is 9.71. The van der Waals surface area contributed by atoms with Gasteiger partial charge in [-0.2, -0.15) is 13.2 Å². The van der Waals surface area contributed by atoms with E-state index in [1.807, 2.05) is 0 Å². The summed E-state index contributed by atoms with van der Waals surface area (Å²) in [5, 5.41) is 10.7. The van der Waals surface area contributed by atoms with Crippen LogP contribution in [0.1, 0.15) is 38.7 Å². The summed E-state index contributed by atoms with van der Waals surface area (Å²) in [6.45, 7) is 4.78. The monoisotopic (exact) mass is 400 g/mol. The minimum absolute atomic E-state index is 0.119. The SMILES string of the molecule is CC(C)(O)[C@@]1(C(=O)N2CCN(c3cc(C(F)(F)F)ccn3)CC2)CC[C@H](N)C1. The normalized spacial score (nSPS) is 26.6. The maximum Gasteiger partial charge on any atom is 0.416 e. The van der Waals surface area contributed by atoms with E-state index in [1.54, 1.807) is 23.6 Å². The van der Waals surface area contributed by atoms with Crippen LogP contribution in [0.15, 0.2) is 18.3 Å². The van der Waals surface area contributed by atoms with Crippen molar-refractivity contribution in [1.82, 2.24) is 9.88 Å². The van der Waals surface area contributed by atoms with E-state index in [-0.39, 0.29) is 17.8 Å². The number of pyridine rings is 1. The first-order valence-electron chi connectivity index (χ1n) is 9.49. The number of nitrogens with zero attached hydrogens (tertiary/aromatic N) is 3. The zero-order valence-corrected chi connectivity index (χ0v) is 16.2. The van der Waals surface area contributed by atoms with Gasteiger partial charge >= 0.3 is 6.18 Å². The third-order valence-corrected chi connectivity index (χ3v) is 6.10. The van der Waals surface area contributed by atoms with Gasteiger partial charge in [0.1, 0.15) is 5.82 Å². The molecule has 0 aromatic carbocycles. The Morgan fingerprint density at radius 1 is 1.29 bits per heavy atom. The average Bonchev–Trinajstić information content (AvgIpc) is 3.04. The summed E-state index contributed by atoms with van der Waals surface area (Å²) in [4.78, 5) is 20.8. The highest BCUT2D eigenvalue weighted by Gasteiger charge is 2.55. The lowest BCUT2D eigenvalue weighted by molar-refractivity contribution is -0.158. The topological polar surface area (TPSA) is 82.7 Å². The fourth-order valence-corrected chi connectivity index (χ4v) is 4.30. The predicted molar refractivity (Wildman–Crippen MR) is 98.6 cm³/mol. The fraction of sp³-hybridized carbons (Fsp3) is 0.684. The van der Waals surface area contributed by atoms with Crippen molar-refractivity contribution in [3.05, 3.63) is 23.9 Å². The second kappa shape index (κ2) is 7.18. The van der Waals surface area contributed by atoms with Gasteiger partial charge in [0.15, 0.2) is 0 Å². The first-order chi connectivity index (χ1) is 12.9. The number of carbonyl (C=O) groups is 1. The summed E-state index contributed by atoms with van der Waals surface area (Å²) < 4.78 is 38.8. The zero-order valence-electron chi connectivity index (χ0n) is 16.2. The number of piperazine rings is 1. The molecule has 1 aromatic rings. The maximum absolute atomic E-state index is 13.3. The molecule has 0 bridgehead atoms. The molecule has 2 aliphatic rings. The molecule has 1 aliphatic carbocycles. The first-order valence-corrected chi connectivity index (χ1v) is 9.49. The number of halogens is 3. The minimum Gasteiger partial charge on any atom is -0.389 e. The maximum atomic E-state index is 13.3. The molecule has 2 fully saturated rings. The molecule has 156 valence electrons. The summed E-state index contributed by atoms with van der Waals surface area (Å²) in [6, 6.07) is 1.86. The Bertz CT molecular complexity index is 727. The quantitative estimate of drug-likeness (QED) is 0.811. The Hall–Kier alpha value is -1.87. The molecule has 0 radical (unpaired) electrons. The van der Waals surface area contributed by atoms with E-state index < -0.39 is 22.8 Å². The molecular weight excluding hydrogens is 373 g/mol. The standard InChI is InChI=1S/C19H27F3N4O2/c1-17(2,28)18(5-3-14(23)12-18)16(27)26-9-7-25(8-10-26)15-11-13(4-6-24-15)19(20,21)22/h4,6,11,14,28H,3,5,7-10,12,23H2,1-2H3/t14-,18-/m0/s1. The second-order valence-electron chi connectivity index (χ2n) is 8.32. The van der Waals surface area contributed by atoms with Gasteiger partial charge < -0.3 is 20.6 Å². The lowest BCUT2D eigenvalue weighted by Gasteiger charge is -2.45. The predicted octanol–water partition coefficient (Wildman–Crippen LogP) is 2.02. The van der Waals surface area contributed by atoms with Gasteiger partial charge in [0.2, 0.25) is 5.91 Å². The molecule has 1 aromatic heterocycles.